The molecule has 0 aromatic heterocycles. The van der Waals surface area contributed by atoms with Crippen molar-refractivity contribution in [1.82, 2.24) is 0 Å². The quantitative estimate of drug-likeness (QED) is 0.857. The molecule has 0 spiro atoms. The summed E-state index contributed by atoms with van der Waals surface area (Å²) in [4.78, 5) is 0. The first kappa shape index (κ1) is 12.6. The van der Waals surface area contributed by atoms with Crippen LogP contribution in [0.15, 0.2) is 46.9 Å². The van der Waals surface area contributed by atoms with Gasteiger partial charge in [-0.2, -0.15) is 5.26 Å². The SMILES string of the molecule is N#Cc1cc(F)cc(OCc2ccc(Br)cc2)c1. The van der Waals surface area contributed by atoms with E-state index in [9.17, 15) is 4.39 Å². The first-order valence-electron chi connectivity index (χ1n) is 5.25. The summed E-state index contributed by atoms with van der Waals surface area (Å²) in [6.45, 7) is 0.335. The standard InChI is InChI=1S/C14H9BrFNO/c15-12-3-1-10(2-4-12)9-18-14-6-11(8-17)5-13(16)7-14/h1-7H,9H2. The van der Waals surface area contributed by atoms with Gasteiger partial charge in [0.2, 0.25) is 0 Å². The van der Waals surface area contributed by atoms with E-state index in [1.165, 1.54) is 18.2 Å². The van der Waals surface area contributed by atoms with Gasteiger partial charge in [0.05, 0.1) is 11.6 Å². The molecule has 90 valence electrons. The fourth-order valence-electron chi connectivity index (χ4n) is 1.46. The fourth-order valence-corrected chi connectivity index (χ4v) is 1.72. The lowest BCUT2D eigenvalue weighted by molar-refractivity contribution is 0.304. The van der Waals surface area contributed by atoms with Gasteiger partial charge in [0.1, 0.15) is 18.2 Å². The number of hydrogen-bond donors (Lipinski definition) is 0. The predicted molar refractivity (Wildman–Crippen MR) is 69.6 cm³/mol. The summed E-state index contributed by atoms with van der Waals surface area (Å²) in [5, 5.41) is 8.72. The van der Waals surface area contributed by atoms with Crippen LogP contribution in [-0.4, -0.2) is 0 Å². The highest BCUT2D eigenvalue weighted by Crippen LogP contribution is 2.18. The summed E-state index contributed by atoms with van der Waals surface area (Å²) in [6.07, 6.45) is 0. The third-order valence-corrected chi connectivity index (χ3v) is 2.85. The predicted octanol–water partition coefficient (Wildman–Crippen LogP) is 4.04. The van der Waals surface area contributed by atoms with Gasteiger partial charge in [0, 0.05) is 10.5 Å². The maximum Gasteiger partial charge on any atom is 0.128 e. The van der Waals surface area contributed by atoms with E-state index in [-0.39, 0.29) is 5.56 Å². The van der Waals surface area contributed by atoms with Gasteiger partial charge in [-0.15, -0.1) is 0 Å². The topological polar surface area (TPSA) is 33.0 Å². The average Bonchev–Trinajstić information content (AvgIpc) is 2.37. The maximum atomic E-state index is 13.2. The average molecular weight is 306 g/mol. The fraction of sp³-hybridized carbons (Fsp3) is 0.0714. The second kappa shape index (κ2) is 5.65. The van der Waals surface area contributed by atoms with E-state index >= 15 is 0 Å². The Bertz CT molecular complexity index is 590. The molecule has 0 fully saturated rings. The highest BCUT2D eigenvalue weighted by molar-refractivity contribution is 9.10. The molecule has 0 aliphatic rings. The Hall–Kier alpha value is -1.86. The number of benzene rings is 2. The maximum absolute atomic E-state index is 13.2. The number of halogens is 2. The van der Waals surface area contributed by atoms with E-state index < -0.39 is 5.82 Å². The normalized spacial score (nSPS) is 9.83. The summed E-state index contributed by atoms with van der Waals surface area (Å²) in [5.41, 5.74) is 1.22. The van der Waals surface area contributed by atoms with Gasteiger partial charge in [-0.25, -0.2) is 4.39 Å². The zero-order valence-corrected chi connectivity index (χ0v) is 10.9. The molecule has 0 N–H and O–H groups in total. The van der Waals surface area contributed by atoms with E-state index in [0.29, 0.717) is 12.4 Å². The lowest BCUT2D eigenvalue weighted by Gasteiger charge is -2.07. The molecule has 2 aromatic rings. The molecule has 2 aromatic carbocycles. The van der Waals surface area contributed by atoms with E-state index in [4.69, 9.17) is 10.00 Å². The van der Waals surface area contributed by atoms with Crippen LogP contribution in [0.5, 0.6) is 5.75 Å². The van der Waals surface area contributed by atoms with Gasteiger partial charge < -0.3 is 4.74 Å². The highest BCUT2D eigenvalue weighted by Gasteiger charge is 2.02. The molecule has 0 saturated carbocycles. The summed E-state index contributed by atoms with van der Waals surface area (Å²) < 4.78 is 19.6. The summed E-state index contributed by atoms with van der Waals surface area (Å²) in [5.74, 6) is -0.116. The first-order valence-corrected chi connectivity index (χ1v) is 6.04. The summed E-state index contributed by atoms with van der Waals surface area (Å²) in [6, 6.07) is 13.5. The molecule has 2 rings (SSSR count). The number of nitriles is 1. The Morgan fingerprint density at radius 2 is 1.89 bits per heavy atom. The number of nitrogens with zero attached hydrogens (tertiary/aromatic N) is 1. The molecule has 0 radical (unpaired) electrons. The molecule has 0 unspecified atom stereocenters. The monoisotopic (exact) mass is 305 g/mol. The third-order valence-electron chi connectivity index (χ3n) is 2.32. The Balaban J connectivity index is 2.08. The number of ether oxygens (including phenoxy) is 1. The summed E-state index contributed by atoms with van der Waals surface area (Å²) in [7, 11) is 0. The number of hydrogen-bond acceptors (Lipinski definition) is 2. The zero-order valence-electron chi connectivity index (χ0n) is 9.36. The second-order valence-corrected chi connectivity index (χ2v) is 4.62. The lowest BCUT2D eigenvalue weighted by atomic mass is 10.2. The van der Waals surface area contributed by atoms with E-state index in [1.807, 2.05) is 30.3 Å². The molecule has 0 amide bonds. The molecule has 0 aliphatic heterocycles. The van der Waals surface area contributed by atoms with Crippen molar-refractivity contribution in [3.63, 3.8) is 0 Å². The van der Waals surface area contributed by atoms with E-state index in [1.54, 1.807) is 0 Å². The third kappa shape index (κ3) is 3.31. The minimum atomic E-state index is -0.472. The molecular weight excluding hydrogens is 297 g/mol. The molecular formula is C14H9BrFNO. The molecule has 0 atom stereocenters. The molecule has 18 heavy (non-hydrogen) atoms. The molecule has 2 nitrogen and oxygen atoms in total. The summed E-state index contributed by atoms with van der Waals surface area (Å²) >= 11 is 3.34. The van der Waals surface area contributed by atoms with Crippen LogP contribution in [0.25, 0.3) is 0 Å². The van der Waals surface area contributed by atoms with Crippen LogP contribution in [0.2, 0.25) is 0 Å². The van der Waals surface area contributed by atoms with Crippen molar-refractivity contribution < 1.29 is 9.13 Å². The smallest absolute Gasteiger partial charge is 0.128 e. The first-order chi connectivity index (χ1) is 8.67. The highest BCUT2D eigenvalue weighted by atomic mass is 79.9. The van der Waals surface area contributed by atoms with Gasteiger partial charge in [-0.1, -0.05) is 28.1 Å². The lowest BCUT2D eigenvalue weighted by Crippen LogP contribution is -1.96. The van der Waals surface area contributed by atoms with Crippen molar-refractivity contribution in [3.8, 4) is 11.8 Å². The zero-order chi connectivity index (χ0) is 13.0. The van der Waals surface area contributed by atoms with Crippen molar-refractivity contribution >= 4 is 15.9 Å². The van der Waals surface area contributed by atoms with Crippen molar-refractivity contribution in [2.24, 2.45) is 0 Å². The van der Waals surface area contributed by atoms with Gasteiger partial charge in [-0.05, 0) is 29.8 Å². The Morgan fingerprint density at radius 1 is 1.17 bits per heavy atom. The molecule has 0 aliphatic carbocycles. The van der Waals surface area contributed by atoms with Crippen LogP contribution >= 0.6 is 15.9 Å². The largest absolute Gasteiger partial charge is 0.489 e. The van der Waals surface area contributed by atoms with E-state index in [0.717, 1.165) is 10.0 Å². The molecule has 0 saturated heterocycles. The Kier molecular flexibility index (Phi) is 3.96. The molecule has 4 heteroatoms. The van der Waals surface area contributed by atoms with Gasteiger partial charge in [0.15, 0.2) is 0 Å². The number of rotatable bonds is 3. The van der Waals surface area contributed by atoms with Crippen LogP contribution in [0.3, 0.4) is 0 Å². The van der Waals surface area contributed by atoms with Gasteiger partial charge in [-0.3, -0.25) is 0 Å². The van der Waals surface area contributed by atoms with Crippen molar-refractivity contribution in [3.05, 3.63) is 63.9 Å². The van der Waals surface area contributed by atoms with E-state index in [2.05, 4.69) is 15.9 Å². The van der Waals surface area contributed by atoms with Crippen molar-refractivity contribution in [1.29, 1.82) is 5.26 Å². The van der Waals surface area contributed by atoms with Crippen LogP contribution in [-0.2, 0) is 6.61 Å². The van der Waals surface area contributed by atoms with Crippen LogP contribution in [0.4, 0.5) is 4.39 Å². The van der Waals surface area contributed by atoms with Crippen LogP contribution in [0, 0.1) is 17.1 Å². The van der Waals surface area contributed by atoms with Crippen LogP contribution < -0.4 is 4.74 Å². The minimum absolute atomic E-state index is 0.251. The van der Waals surface area contributed by atoms with Gasteiger partial charge >= 0.3 is 0 Å². The van der Waals surface area contributed by atoms with Crippen molar-refractivity contribution in [2.45, 2.75) is 6.61 Å². The van der Waals surface area contributed by atoms with Gasteiger partial charge in [0.25, 0.3) is 0 Å². The second-order valence-electron chi connectivity index (χ2n) is 3.70. The minimum Gasteiger partial charge on any atom is -0.489 e. The Morgan fingerprint density at radius 3 is 2.56 bits per heavy atom. The molecule has 0 bridgehead atoms. The molecule has 0 heterocycles. The van der Waals surface area contributed by atoms with Crippen molar-refractivity contribution in [2.75, 3.05) is 0 Å². The Labute approximate surface area is 113 Å². The van der Waals surface area contributed by atoms with Crippen LogP contribution in [0.1, 0.15) is 11.1 Å².